The van der Waals surface area contributed by atoms with Gasteiger partial charge in [0.05, 0.1) is 18.0 Å². The molecule has 238 valence electrons. The summed E-state index contributed by atoms with van der Waals surface area (Å²) in [6.45, 7) is 2.20. The van der Waals surface area contributed by atoms with Crippen LogP contribution in [0.2, 0.25) is 0 Å². The molecule has 6 rings (SSSR count). The monoisotopic (exact) mass is 621 g/mol. The molecule has 2 aromatic heterocycles. The molecule has 0 radical (unpaired) electrons. The number of carboxylic acids is 1. The van der Waals surface area contributed by atoms with Crippen molar-refractivity contribution in [2.24, 2.45) is 7.05 Å². The number of hydrogen-bond acceptors (Lipinski definition) is 6. The molecule has 10 heteroatoms. The standard InChI is InChI=1S/C36H39N5O5/c1-3-46-29-21-25(15-12-22(29)14-17-31(42)43)38-35(45)36(18-7-19-36)40-34(44)24-13-16-26-28(20-24)41(2)33(27-10-6-11-30(37)39-27)32(26)23-8-4-5-9-23/h6,10-17,20-21,23H,3-5,7-9,18-19H2,1-2H3,(H2,37,39)(H,38,45)(H,40,44)(H,42,43)/b17-14+. The van der Waals surface area contributed by atoms with Gasteiger partial charge in [0.25, 0.3) is 5.91 Å². The third kappa shape index (κ3) is 5.94. The van der Waals surface area contributed by atoms with Crippen molar-refractivity contribution in [1.29, 1.82) is 0 Å². The van der Waals surface area contributed by atoms with E-state index in [9.17, 15) is 14.4 Å². The fraction of sp³-hybridized carbons (Fsp3) is 0.333. The Morgan fingerprint density at radius 1 is 1.09 bits per heavy atom. The first-order chi connectivity index (χ1) is 22.2. The van der Waals surface area contributed by atoms with Gasteiger partial charge in [0.1, 0.15) is 17.1 Å². The van der Waals surface area contributed by atoms with Crippen molar-refractivity contribution in [1.82, 2.24) is 14.9 Å². The molecule has 0 aliphatic heterocycles. The number of aromatic nitrogens is 2. The van der Waals surface area contributed by atoms with Crippen molar-refractivity contribution in [3.8, 4) is 17.1 Å². The fourth-order valence-electron chi connectivity index (χ4n) is 6.80. The quantitative estimate of drug-likeness (QED) is 0.153. The summed E-state index contributed by atoms with van der Waals surface area (Å²) in [6.07, 6.45) is 8.94. The van der Waals surface area contributed by atoms with Crippen molar-refractivity contribution in [3.05, 3.63) is 77.4 Å². The lowest BCUT2D eigenvalue weighted by Gasteiger charge is -2.40. The maximum atomic E-state index is 13.7. The molecule has 2 saturated carbocycles. The highest BCUT2D eigenvalue weighted by Crippen LogP contribution is 2.44. The molecule has 2 aromatic carbocycles. The summed E-state index contributed by atoms with van der Waals surface area (Å²) in [5.41, 5.74) is 10.6. The average molecular weight is 622 g/mol. The molecule has 0 saturated heterocycles. The van der Waals surface area contributed by atoms with Gasteiger partial charge < -0.3 is 30.8 Å². The molecule has 0 spiro atoms. The molecule has 2 aliphatic rings. The summed E-state index contributed by atoms with van der Waals surface area (Å²) in [5.74, 6) is -0.361. The number of fused-ring (bicyclic) bond motifs is 1. The van der Waals surface area contributed by atoms with Crippen molar-refractivity contribution in [2.75, 3.05) is 17.7 Å². The number of nitrogens with two attached hydrogens (primary N) is 1. The molecule has 4 aromatic rings. The molecule has 2 fully saturated rings. The summed E-state index contributed by atoms with van der Waals surface area (Å²) in [7, 11) is 2.00. The van der Waals surface area contributed by atoms with Crippen LogP contribution >= 0.6 is 0 Å². The Bertz CT molecular complexity index is 1850. The zero-order valence-electron chi connectivity index (χ0n) is 26.1. The van der Waals surface area contributed by atoms with E-state index in [0.29, 0.717) is 53.7 Å². The number of carboxylic acid groups (broad SMARTS) is 1. The fourth-order valence-corrected chi connectivity index (χ4v) is 6.80. The topological polar surface area (TPSA) is 149 Å². The number of hydrogen-bond donors (Lipinski definition) is 4. The Morgan fingerprint density at radius 2 is 1.87 bits per heavy atom. The molecular weight excluding hydrogens is 582 g/mol. The first-order valence-electron chi connectivity index (χ1n) is 15.9. The minimum Gasteiger partial charge on any atom is -0.493 e. The number of aryl methyl sites for hydroxylation is 1. The third-order valence-corrected chi connectivity index (χ3v) is 9.25. The minimum absolute atomic E-state index is 0.304. The van der Waals surface area contributed by atoms with E-state index in [1.54, 1.807) is 24.3 Å². The van der Waals surface area contributed by atoms with Gasteiger partial charge >= 0.3 is 5.97 Å². The third-order valence-electron chi connectivity index (χ3n) is 9.25. The number of aliphatic carboxylic acids is 1. The molecule has 2 heterocycles. The molecular formula is C36H39N5O5. The number of nitrogen functional groups attached to an aromatic ring is 1. The second kappa shape index (κ2) is 12.7. The number of nitrogens with zero attached hydrogens (tertiary/aromatic N) is 2. The molecule has 5 N–H and O–H groups in total. The SMILES string of the molecule is CCOc1cc(NC(=O)C2(NC(=O)c3ccc4c(C5CCCC5)c(-c5cccc(N)n5)n(C)c4c3)CCC2)ccc1/C=C/C(=O)O. The predicted octanol–water partition coefficient (Wildman–Crippen LogP) is 6.27. The number of carbonyl (C=O) groups excluding carboxylic acids is 2. The number of anilines is 2. The highest BCUT2D eigenvalue weighted by molar-refractivity contribution is 6.06. The molecule has 2 aliphatic carbocycles. The lowest BCUT2D eigenvalue weighted by atomic mass is 9.75. The van der Waals surface area contributed by atoms with Gasteiger partial charge in [-0.3, -0.25) is 9.59 Å². The summed E-state index contributed by atoms with van der Waals surface area (Å²) in [5, 5.41) is 16.1. The summed E-state index contributed by atoms with van der Waals surface area (Å²) in [4.78, 5) is 43.0. The Labute approximate surface area is 267 Å². The molecule has 10 nitrogen and oxygen atoms in total. The zero-order chi connectivity index (χ0) is 32.4. The second-order valence-electron chi connectivity index (χ2n) is 12.2. The van der Waals surface area contributed by atoms with Gasteiger partial charge in [-0.15, -0.1) is 0 Å². The normalized spacial score (nSPS) is 16.0. The van der Waals surface area contributed by atoms with Gasteiger partial charge in [0.2, 0.25) is 5.91 Å². The van der Waals surface area contributed by atoms with Crippen LogP contribution in [0.3, 0.4) is 0 Å². The maximum absolute atomic E-state index is 13.7. The summed E-state index contributed by atoms with van der Waals surface area (Å²) < 4.78 is 7.79. The van der Waals surface area contributed by atoms with Crippen LogP contribution < -0.4 is 21.1 Å². The van der Waals surface area contributed by atoms with Crippen LogP contribution in [0.15, 0.2) is 60.7 Å². The van der Waals surface area contributed by atoms with Crippen molar-refractivity contribution in [3.63, 3.8) is 0 Å². The molecule has 0 bridgehead atoms. The Hall–Kier alpha value is -5.12. The van der Waals surface area contributed by atoms with Crippen LogP contribution in [0.5, 0.6) is 5.75 Å². The number of nitrogens with one attached hydrogen (secondary N) is 2. The number of benzene rings is 2. The van der Waals surface area contributed by atoms with E-state index >= 15 is 0 Å². The van der Waals surface area contributed by atoms with E-state index in [1.807, 2.05) is 44.3 Å². The van der Waals surface area contributed by atoms with Crippen LogP contribution in [0.25, 0.3) is 28.4 Å². The minimum atomic E-state index is -1.07. The summed E-state index contributed by atoms with van der Waals surface area (Å²) in [6, 6.07) is 16.5. The molecule has 0 atom stereocenters. The van der Waals surface area contributed by atoms with Crippen molar-refractivity contribution >= 4 is 46.3 Å². The lowest BCUT2D eigenvalue weighted by molar-refractivity contribution is -0.131. The molecule has 2 amide bonds. The summed E-state index contributed by atoms with van der Waals surface area (Å²) >= 11 is 0. The Balaban J connectivity index is 1.27. The van der Waals surface area contributed by atoms with Gasteiger partial charge in [-0.05, 0) is 93.0 Å². The number of carbonyl (C=O) groups is 3. The van der Waals surface area contributed by atoms with E-state index in [0.717, 1.165) is 47.6 Å². The van der Waals surface area contributed by atoms with Gasteiger partial charge in [-0.2, -0.15) is 0 Å². The number of pyridine rings is 1. The lowest BCUT2D eigenvalue weighted by Crippen LogP contribution is -2.61. The van der Waals surface area contributed by atoms with E-state index in [4.69, 9.17) is 15.6 Å². The second-order valence-corrected chi connectivity index (χ2v) is 12.2. The van der Waals surface area contributed by atoms with Crippen LogP contribution in [0.4, 0.5) is 11.5 Å². The number of rotatable bonds is 10. The largest absolute Gasteiger partial charge is 0.493 e. The highest BCUT2D eigenvalue weighted by atomic mass is 16.5. The maximum Gasteiger partial charge on any atom is 0.328 e. The van der Waals surface area contributed by atoms with Crippen LogP contribution in [-0.4, -0.2) is 44.6 Å². The first-order valence-corrected chi connectivity index (χ1v) is 15.9. The number of ether oxygens (including phenoxy) is 1. The van der Waals surface area contributed by atoms with Gasteiger partial charge in [-0.1, -0.05) is 25.0 Å². The van der Waals surface area contributed by atoms with Crippen LogP contribution in [-0.2, 0) is 16.6 Å². The van der Waals surface area contributed by atoms with E-state index in [1.165, 1.54) is 24.5 Å². The number of amides is 2. The van der Waals surface area contributed by atoms with Gasteiger partial charge in [0, 0.05) is 46.9 Å². The first kappa shape index (κ1) is 30.9. The van der Waals surface area contributed by atoms with Crippen LogP contribution in [0, 0.1) is 0 Å². The Kier molecular flexibility index (Phi) is 8.53. The average Bonchev–Trinajstić information content (AvgIpc) is 3.64. The van der Waals surface area contributed by atoms with Crippen molar-refractivity contribution < 1.29 is 24.2 Å². The van der Waals surface area contributed by atoms with E-state index in [-0.39, 0.29) is 11.8 Å². The van der Waals surface area contributed by atoms with E-state index < -0.39 is 11.5 Å². The zero-order valence-corrected chi connectivity index (χ0v) is 26.1. The van der Waals surface area contributed by atoms with E-state index in [2.05, 4.69) is 20.2 Å². The smallest absolute Gasteiger partial charge is 0.328 e. The molecule has 0 unspecified atom stereocenters. The van der Waals surface area contributed by atoms with Gasteiger partial charge in [-0.25, -0.2) is 9.78 Å². The molecule has 46 heavy (non-hydrogen) atoms. The highest BCUT2D eigenvalue weighted by Gasteiger charge is 2.45. The predicted molar refractivity (Wildman–Crippen MR) is 179 cm³/mol. The Morgan fingerprint density at radius 3 is 2.54 bits per heavy atom. The van der Waals surface area contributed by atoms with Crippen LogP contribution in [0.1, 0.15) is 79.3 Å². The van der Waals surface area contributed by atoms with Gasteiger partial charge in [0.15, 0.2) is 0 Å². The van der Waals surface area contributed by atoms with Crippen molar-refractivity contribution in [2.45, 2.75) is 63.3 Å².